The van der Waals surface area contributed by atoms with Crippen LogP contribution in [-0.4, -0.2) is 7.05 Å². The van der Waals surface area contributed by atoms with Gasteiger partial charge in [0.1, 0.15) is 5.75 Å². The van der Waals surface area contributed by atoms with Gasteiger partial charge in [-0.15, -0.1) is 0 Å². The van der Waals surface area contributed by atoms with Gasteiger partial charge in [0.05, 0.1) is 0 Å². The average Bonchev–Trinajstić information content (AvgIpc) is 2.61. The Morgan fingerprint density at radius 3 is 2.39 bits per heavy atom. The third-order valence-corrected chi connectivity index (χ3v) is 4.84. The lowest BCUT2D eigenvalue weighted by atomic mass is 9.61. The summed E-state index contributed by atoms with van der Waals surface area (Å²) in [6, 6.07) is 21.4. The van der Waals surface area contributed by atoms with Gasteiger partial charge in [-0.3, -0.25) is 0 Å². The number of hydrogen-bond acceptors (Lipinski definition) is 2. The van der Waals surface area contributed by atoms with Gasteiger partial charge in [0.25, 0.3) is 0 Å². The molecule has 0 radical (unpaired) electrons. The number of benzene rings is 3. The standard InChI is InChI=1S/C20H16BNO/c1-2-13-11-16-14-7-3-5-9-18(14)22-21-20(16)17(12-13)15-8-4-6-10-19(15)23-21/h3-12,22H,2H2,1H3. The van der Waals surface area contributed by atoms with Crippen molar-refractivity contribution in [2.75, 3.05) is 5.23 Å². The second kappa shape index (κ2) is 4.66. The molecule has 3 aromatic carbocycles. The summed E-state index contributed by atoms with van der Waals surface area (Å²) in [5.74, 6) is 0.955. The van der Waals surface area contributed by atoms with Crippen molar-refractivity contribution in [2.24, 2.45) is 0 Å². The second-order valence-electron chi connectivity index (χ2n) is 6.14. The van der Waals surface area contributed by atoms with Gasteiger partial charge in [-0.05, 0) is 35.2 Å². The number of hydrogen-bond donors (Lipinski definition) is 1. The van der Waals surface area contributed by atoms with E-state index in [1.54, 1.807) is 0 Å². The number of rotatable bonds is 1. The van der Waals surface area contributed by atoms with Crippen LogP contribution in [0.15, 0.2) is 60.7 Å². The zero-order valence-corrected chi connectivity index (χ0v) is 13.0. The Morgan fingerprint density at radius 2 is 1.57 bits per heavy atom. The molecule has 110 valence electrons. The van der Waals surface area contributed by atoms with Gasteiger partial charge in [-0.2, -0.15) is 0 Å². The van der Waals surface area contributed by atoms with Gasteiger partial charge in [-0.25, -0.2) is 0 Å². The molecule has 2 heterocycles. The topological polar surface area (TPSA) is 21.3 Å². The van der Waals surface area contributed by atoms with Gasteiger partial charge in [-0.1, -0.05) is 55.5 Å². The summed E-state index contributed by atoms with van der Waals surface area (Å²) in [4.78, 5) is 0. The monoisotopic (exact) mass is 297 g/mol. The minimum absolute atomic E-state index is 0.115. The number of fused-ring (bicyclic) bond motifs is 4. The zero-order valence-electron chi connectivity index (χ0n) is 13.0. The highest BCUT2D eigenvalue weighted by Crippen LogP contribution is 2.40. The average molecular weight is 297 g/mol. The SMILES string of the molecule is CCc1cc2c3c(c1)-c1ccccc1OB3Nc1ccccc1-2. The maximum atomic E-state index is 6.26. The molecule has 5 rings (SSSR count). The number of aryl methyl sites for hydroxylation is 1. The minimum Gasteiger partial charge on any atom is -0.537 e. The summed E-state index contributed by atoms with van der Waals surface area (Å²) >= 11 is 0. The van der Waals surface area contributed by atoms with Crippen LogP contribution in [0.2, 0.25) is 0 Å². The molecule has 0 saturated heterocycles. The minimum atomic E-state index is -0.115. The molecule has 3 aromatic rings. The van der Waals surface area contributed by atoms with Crippen LogP contribution in [0.1, 0.15) is 12.5 Å². The van der Waals surface area contributed by atoms with Crippen molar-refractivity contribution in [3.8, 4) is 28.0 Å². The molecule has 0 spiro atoms. The first kappa shape index (κ1) is 12.8. The van der Waals surface area contributed by atoms with Gasteiger partial charge in [0.15, 0.2) is 0 Å². The van der Waals surface area contributed by atoms with E-state index in [0.717, 1.165) is 17.9 Å². The molecule has 23 heavy (non-hydrogen) atoms. The summed E-state index contributed by atoms with van der Waals surface area (Å²) < 4.78 is 6.26. The van der Waals surface area contributed by atoms with E-state index in [-0.39, 0.29) is 7.05 Å². The van der Waals surface area contributed by atoms with Crippen LogP contribution in [-0.2, 0) is 6.42 Å². The molecule has 2 aliphatic rings. The van der Waals surface area contributed by atoms with Gasteiger partial charge in [0.2, 0.25) is 0 Å². The van der Waals surface area contributed by atoms with E-state index in [2.05, 4.69) is 66.7 Å². The predicted octanol–water partition coefficient (Wildman–Crippen LogP) is 4.10. The highest BCUT2D eigenvalue weighted by Gasteiger charge is 2.38. The van der Waals surface area contributed by atoms with Crippen LogP contribution >= 0.6 is 0 Å². The van der Waals surface area contributed by atoms with Crippen LogP contribution in [0.4, 0.5) is 5.69 Å². The Bertz CT molecular complexity index is 864. The van der Waals surface area contributed by atoms with Gasteiger partial charge in [0, 0.05) is 22.3 Å². The molecule has 0 unspecified atom stereocenters. The summed E-state index contributed by atoms with van der Waals surface area (Å²) in [5.41, 5.74) is 8.82. The Morgan fingerprint density at radius 1 is 0.870 bits per heavy atom. The summed E-state index contributed by atoms with van der Waals surface area (Å²) in [7, 11) is -0.115. The summed E-state index contributed by atoms with van der Waals surface area (Å²) in [6.45, 7) is 2.21. The van der Waals surface area contributed by atoms with Crippen molar-refractivity contribution in [1.82, 2.24) is 0 Å². The van der Waals surface area contributed by atoms with Crippen LogP contribution in [0, 0.1) is 0 Å². The van der Waals surface area contributed by atoms with E-state index >= 15 is 0 Å². The fourth-order valence-electron chi connectivity index (χ4n) is 3.71. The molecule has 2 nitrogen and oxygen atoms in total. The predicted molar refractivity (Wildman–Crippen MR) is 96.3 cm³/mol. The molecule has 0 amide bonds. The first-order chi connectivity index (χ1) is 11.3. The van der Waals surface area contributed by atoms with E-state index in [1.165, 1.54) is 33.3 Å². The molecule has 0 bridgehead atoms. The Kier molecular flexibility index (Phi) is 2.60. The van der Waals surface area contributed by atoms with Crippen molar-refractivity contribution in [2.45, 2.75) is 13.3 Å². The number of para-hydroxylation sites is 2. The Hall–Kier alpha value is -2.68. The molecular weight excluding hydrogens is 281 g/mol. The lowest BCUT2D eigenvalue weighted by Gasteiger charge is -2.33. The third kappa shape index (κ3) is 1.77. The van der Waals surface area contributed by atoms with E-state index in [9.17, 15) is 0 Å². The summed E-state index contributed by atoms with van der Waals surface area (Å²) in [6.07, 6.45) is 1.03. The molecule has 2 aliphatic heterocycles. The van der Waals surface area contributed by atoms with Crippen molar-refractivity contribution >= 4 is 18.2 Å². The van der Waals surface area contributed by atoms with Gasteiger partial charge < -0.3 is 9.88 Å². The van der Waals surface area contributed by atoms with E-state index in [1.807, 2.05) is 6.07 Å². The van der Waals surface area contributed by atoms with Crippen LogP contribution in [0.25, 0.3) is 22.3 Å². The normalized spacial score (nSPS) is 13.3. The van der Waals surface area contributed by atoms with Crippen molar-refractivity contribution in [3.05, 3.63) is 66.2 Å². The molecule has 0 aromatic heterocycles. The molecular formula is C20H16BNO. The molecule has 3 heteroatoms. The quantitative estimate of drug-likeness (QED) is 0.683. The third-order valence-electron chi connectivity index (χ3n) is 4.84. The fourth-order valence-corrected chi connectivity index (χ4v) is 3.71. The molecule has 0 fully saturated rings. The van der Waals surface area contributed by atoms with Crippen LogP contribution in [0.3, 0.4) is 0 Å². The maximum absolute atomic E-state index is 6.26. The first-order valence-electron chi connectivity index (χ1n) is 8.14. The lowest BCUT2D eigenvalue weighted by molar-refractivity contribution is 0.584. The van der Waals surface area contributed by atoms with Crippen molar-refractivity contribution < 1.29 is 4.65 Å². The number of anilines is 1. The Labute approximate surface area is 136 Å². The second-order valence-corrected chi connectivity index (χ2v) is 6.14. The highest BCUT2D eigenvalue weighted by molar-refractivity contribution is 6.76. The molecule has 1 N–H and O–H groups in total. The van der Waals surface area contributed by atoms with E-state index < -0.39 is 0 Å². The first-order valence-corrected chi connectivity index (χ1v) is 8.14. The smallest absolute Gasteiger partial charge is 0.518 e. The Balaban J connectivity index is 1.88. The van der Waals surface area contributed by atoms with Crippen LogP contribution in [0.5, 0.6) is 5.75 Å². The van der Waals surface area contributed by atoms with Crippen molar-refractivity contribution in [1.29, 1.82) is 0 Å². The maximum Gasteiger partial charge on any atom is 0.518 e. The largest absolute Gasteiger partial charge is 0.537 e. The fraction of sp³-hybridized carbons (Fsp3) is 0.100. The summed E-state index contributed by atoms with van der Waals surface area (Å²) in [5, 5.41) is 3.55. The van der Waals surface area contributed by atoms with E-state index in [0.29, 0.717) is 0 Å². The lowest BCUT2D eigenvalue weighted by Crippen LogP contribution is -2.50. The number of nitrogens with one attached hydrogen (secondary N) is 1. The van der Waals surface area contributed by atoms with Crippen LogP contribution < -0.4 is 15.3 Å². The van der Waals surface area contributed by atoms with Crippen molar-refractivity contribution in [3.63, 3.8) is 0 Å². The van der Waals surface area contributed by atoms with E-state index in [4.69, 9.17) is 4.65 Å². The molecule has 0 saturated carbocycles. The van der Waals surface area contributed by atoms with Gasteiger partial charge >= 0.3 is 7.05 Å². The molecule has 0 atom stereocenters. The zero-order chi connectivity index (χ0) is 15.4. The molecule has 0 aliphatic carbocycles. The highest BCUT2D eigenvalue weighted by atomic mass is 16.4.